The van der Waals surface area contributed by atoms with Crippen LogP contribution in [0.2, 0.25) is 0 Å². The Morgan fingerprint density at radius 3 is 2.82 bits per heavy atom. The fraction of sp³-hybridized carbons (Fsp3) is 0.550. The average Bonchev–Trinajstić information content (AvgIpc) is 2.62. The number of nitrogens with one attached hydrogen (secondary N) is 2. The van der Waals surface area contributed by atoms with E-state index in [2.05, 4.69) is 25.8 Å². The lowest BCUT2D eigenvalue weighted by molar-refractivity contribution is -0.114. The Balaban J connectivity index is 2.09. The number of hydrogen-bond donors (Lipinski definition) is 2. The molecule has 0 spiro atoms. The Morgan fingerprint density at radius 2 is 2.11 bits per heavy atom. The molecule has 0 aromatic heterocycles. The predicted octanol–water partition coefficient (Wildman–Crippen LogP) is 3.63. The highest BCUT2D eigenvalue weighted by atomic mass is 16.5. The van der Waals surface area contributed by atoms with Gasteiger partial charge in [0.25, 0.3) is 0 Å². The normalized spacial score (nSPS) is 16.9. The summed E-state index contributed by atoms with van der Waals surface area (Å²) in [5, 5.41) is 15.2. The zero-order chi connectivity index (χ0) is 20.5. The number of amides is 1. The molecule has 1 aliphatic rings. The number of rotatable bonds is 9. The number of ether oxygens (including phenoxy) is 1. The van der Waals surface area contributed by atoms with Crippen molar-refractivity contribution in [3.63, 3.8) is 0 Å². The van der Waals surface area contributed by atoms with Crippen LogP contribution in [0.1, 0.15) is 27.2 Å². The summed E-state index contributed by atoms with van der Waals surface area (Å²) in [6.07, 6.45) is 5.06. The molecule has 8 nitrogen and oxygen atoms in total. The van der Waals surface area contributed by atoms with Crippen molar-refractivity contribution >= 4 is 23.0 Å². The Hall–Kier alpha value is -2.61. The molecule has 0 aliphatic carbocycles. The third kappa shape index (κ3) is 7.19. The van der Waals surface area contributed by atoms with Gasteiger partial charge in [-0.1, -0.05) is 0 Å². The molecule has 0 bridgehead atoms. The number of carbonyl (C=O) groups excluding carboxylic acids is 1. The van der Waals surface area contributed by atoms with Gasteiger partial charge in [0.1, 0.15) is 5.69 Å². The maximum atomic E-state index is 11.4. The summed E-state index contributed by atoms with van der Waals surface area (Å²) in [4.78, 5) is 15.5. The van der Waals surface area contributed by atoms with Crippen molar-refractivity contribution in [3.05, 3.63) is 30.6 Å². The molecule has 1 aromatic carbocycles. The molecular weight excluding hydrogens is 356 g/mol. The molecule has 154 valence electrons. The van der Waals surface area contributed by atoms with Crippen molar-refractivity contribution < 1.29 is 9.53 Å². The van der Waals surface area contributed by atoms with Crippen LogP contribution in [-0.2, 0) is 9.53 Å². The van der Waals surface area contributed by atoms with Crippen molar-refractivity contribution in [3.8, 4) is 0 Å². The number of nitrogens with zero attached hydrogens (tertiary/aromatic N) is 4. The van der Waals surface area contributed by atoms with Gasteiger partial charge in [0.2, 0.25) is 5.91 Å². The van der Waals surface area contributed by atoms with Crippen molar-refractivity contribution in [2.75, 3.05) is 44.4 Å². The largest absolute Gasteiger partial charge is 0.383 e. The third-order valence-corrected chi connectivity index (χ3v) is 4.18. The highest BCUT2D eigenvalue weighted by Gasteiger charge is 2.16. The quantitative estimate of drug-likeness (QED) is 0.499. The molecule has 2 N–H and O–H groups in total. The van der Waals surface area contributed by atoms with E-state index in [1.165, 1.54) is 6.92 Å². The first-order chi connectivity index (χ1) is 13.3. The zero-order valence-electron chi connectivity index (χ0n) is 17.5. The van der Waals surface area contributed by atoms with Crippen molar-refractivity contribution in [1.82, 2.24) is 9.80 Å². The van der Waals surface area contributed by atoms with Gasteiger partial charge in [0.05, 0.1) is 18.3 Å². The van der Waals surface area contributed by atoms with Crippen LogP contribution in [0.5, 0.6) is 0 Å². The van der Waals surface area contributed by atoms with Crippen LogP contribution >= 0.6 is 0 Å². The Bertz CT molecular complexity index is 704. The van der Waals surface area contributed by atoms with Crippen molar-refractivity contribution in [2.24, 2.45) is 10.2 Å². The number of carbonyl (C=O) groups is 1. The Labute approximate surface area is 167 Å². The minimum atomic E-state index is -0.117. The van der Waals surface area contributed by atoms with Crippen molar-refractivity contribution in [2.45, 2.75) is 39.5 Å². The van der Waals surface area contributed by atoms with Gasteiger partial charge in [0.15, 0.2) is 6.17 Å². The molecule has 1 atom stereocenters. The number of likely N-dealkylation sites (N-methyl/N-ethyl adjacent to an activating group) is 2. The average molecular weight is 389 g/mol. The van der Waals surface area contributed by atoms with E-state index in [1.807, 2.05) is 63.4 Å². The first kappa shape index (κ1) is 21.7. The summed E-state index contributed by atoms with van der Waals surface area (Å²) in [6, 6.07) is 5.61. The van der Waals surface area contributed by atoms with E-state index in [4.69, 9.17) is 4.74 Å². The molecule has 2 rings (SSSR count). The molecule has 0 saturated carbocycles. The summed E-state index contributed by atoms with van der Waals surface area (Å²) in [6.45, 7) is 7.78. The lowest BCUT2D eigenvalue weighted by Gasteiger charge is -2.31. The van der Waals surface area contributed by atoms with Gasteiger partial charge in [-0.2, -0.15) is 10.2 Å². The molecule has 1 aliphatic heterocycles. The molecule has 0 fully saturated rings. The molecule has 1 heterocycles. The summed E-state index contributed by atoms with van der Waals surface area (Å²) in [5.74, 6) is -0.117. The summed E-state index contributed by atoms with van der Waals surface area (Å²) < 4.78 is 5.58. The van der Waals surface area contributed by atoms with E-state index in [-0.39, 0.29) is 18.2 Å². The topological polar surface area (TPSA) is 81.6 Å². The molecule has 0 saturated heterocycles. The molecule has 0 radical (unpaired) electrons. The highest BCUT2D eigenvalue weighted by Crippen LogP contribution is 2.29. The monoisotopic (exact) mass is 388 g/mol. The van der Waals surface area contributed by atoms with Gasteiger partial charge in [-0.25, -0.2) is 0 Å². The number of hydrogen-bond acceptors (Lipinski definition) is 7. The second-order valence-corrected chi connectivity index (χ2v) is 7.21. The van der Waals surface area contributed by atoms with Gasteiger partial charge >= 0.3 is 0 Å². The molecule has 1 amide bonds. The fourth-order valence-electron chi connectivity index (χ4n) is 2.67. The number of azo groups is 1. The van der Waals surface area contributed by atoms with Gasteiger partial charge in [-0.05, 0) is 38.5 Å². The standard InChI is InChI=1S/C20H32N6O2/c1-15(2)28-12-6-9-21-18-8-7-17(22-16(3)27)13-19(18)23-24-20-14-25(4)10-11-26(20)5/h7-8,10-11,13,15,20-21H,6,9,12,14H2,1-5H3,(H,22,27). The third-order valence-electron chi connectivity index (χ3n) is 4.18. The molecule has 1 aromatic rings. The molecule has 28 heavy (non-hydrogen) atoms. The minimum Gasteiger partial charge on any atom is -0.383 e. The minimum absolute atomic E-state index is 0.0632. The molecular formula is C20H32N6O2. The lowest BCUT2D eigenvalue weighted by Crippen LogP contribution is -2.38. The summed E-state index contributed by atoms with van der Waals surface area (Å²) in [7, 11) is 3.99. The van der Waals surface area contributed by atoms with Gasteiger partial charge in [0, 0.05) is 52.3 Å². The van der Waals surface area contributed by atoms with Crippen LogP contribution in [-0.4, -0.2) is 61.8 Å². The zero-order valence-corrected chi connectivity index (χ0v) is 17.5. The number of anilines is 2. The van der Waals surface area contributed by atoms with Crippen LogP contribution in [0.15, 0.2) is 40.8 Å². The first-order valence-electron chi connectivity index (χ1n) is 9.63. The first-order valence-corrected chi connectivity index (χ1v) is 9.63. The van der Waals surface area contributed by atoms with Gasteiger partial charge in [-0.15, -0.1) is 0 Å². The molecule has 1 unspecified atom stereocenters. The van der Waals surface area contributed by atoms with Crippen LogP contribution in [0.25, 0.3) is 0 Å². The van der Waals surface area contributed by atoms with E-state index in [0.717, 1.165) is 25.2 Å². The van der Waals surface area contributed by atoms with Crippen LogP contribution in [0.4, 0.5) is 17.1 Å². The maximum Gasteiger partial charge on any atom is 0.221 e. The van der Waals surface area contributed by atoms with Gasteiger partial charge < -0.3 is 25.2 Å². The second-order valence-electron chi connectivity index (χ2n) is 7.21. The molecule has 8 heteroatoms. The van der Waals surface area contributed by atoms with Crippen LogP contribution in [0, 0.1) is 0 Å². The van der Waals surface area contributed by atoms with Crippen molar-refractivity contribution in [1.29, 1.82) is 0 Å². The van der Waals surface area contributed by atoms with E-state index < -0.39 is 0 Å². The Kier molecular flexibility index (Phi) is 8.25. The fourth-order valence-corrected chi connectivity index (χ4v) is 2.67. The van der Waals surface area contributed by atoms with Gasteiger partial charge in [-0.3, -0.25) is 4.79 Å². The summed E-state index contributed by atoms with van der Waals surface area (Å²) in [5.41, 5.74) is 2.27. The van der Waals surface area contributed by atoms with E-state index in [9.17, 15) is 4.79 Å². The number of benzene rings is 1. The van der Waals surface area contributed by atoms with E-state index in [1.54, 1.807) is 0 Å². The summed E-state index contributed by atoms with van der Waals surface area (Å²) >= 11 is 0. The smallest absolute Gasteiger partial charge is 0.221 e. The van der Waals surface area contributed by atoms with Crippen LogP contribution < -0.4 is 10.6 Å². The SMILES string of the molecule is CC(=O)Nc1ccc(NCCCOC(C)C)c(N=NC2CN(C)C=CN2C)c1. The maximum absolute atomic E-state index is 11.4. The lowest BCUT2D eigenvalue weighted by atomic mass is 10.2. The highest BCUT2D eigenvalue weighted by molar-refractivity contribution is 5.90. The predicted molar refractivity (Wildman–Crippen MR) is 113 cm³/mol. The Morgan fingerprint density at radius 1 is 1.32 bits per heavy atom. The second kappa shape index (κ2) is 10.7. The van der Waals surface area contributed by atoms with E-state index >= 15 is 0 Å². The van der Waals surface area contributed by atoms with Crippen LogP contribution in [0.3, 0.4) is 0 Å². The van der Waals surface area contributed by atoms with E-state index in [0.29, 0.717) is 18.0 Å².